The Morgan fingerprint density at radius 1 is 1.16 bits per heavy atom. The number of nitrogens with zero attached hydrogens (tertiary/aromatic N) is 1. The first-order valence-electron chi connectivity index (χ1n) is 8.02. The summed E-state index contributed by atoms with van der Waals surface area (Å²) in [7, 11) is 0. The summed E-state index contributed by atoms with van der Waals surface area (Å²) < 4.78 is 0. The van der Waals surface area contributed by atoms with Crippen LogP contribution in [0.5, 0.6) is 0 Å². The number of aryl methyl sites for hydroxylation is 1. The zero-order chi connectivity index (χ0) is 18.0. The minimum Gasteiger partial charge on any atom is -0.366 e. The number of anilines is 2. The molecule has 3 rings (SSSR count). The molecule has 0 saturated carbocycles. The summed E-state index contributed by atoms with van der Waals surface area (Å²) in [5.74, 6) is -1.47. The number of carbonyl (C=O) groups is 3. The summed E-state index contributed by atoms with van der Waals surface area (Å²) in [5, 5.41) is 2.72. The zero-order valence-corrected chi connectivity index (χ0v) is 13.9. The highest BCUT2D eigenvalue weighted by molar-refractivity contribution is 6.06. The number of carbonyl (C=O) groups excluding carboxylic acids is 3. The van der Waals surface area contributed by atoms with Gasteiger partial charge in [0.05, 0.1) is 17.2 Å². The average molecular weight is 337 g/mol. The number of hydrogen-bond donors (Lipinski definition) is 2. The van der Waals surface area contributed by atoms with Crippen molar-refractivity contribution in [1.29, 1.82) is 0 Å². The third-order valence-electron chi connectivity index (χ3n) is 4.26. The van der Waals surface area contributed by atoms with Gasteiger partial charge >= 0.3 is 0 Å². The molecule has 25 heavy (non-hydrogen) atoms. The van der Waals surface area contributed by atoms with Crippen molar-refractivity contribution in [3.8, 4) is 0 Å². The molecule has 0 bridgehead atoms. The molecule has 6 nitrogen and oxygen atoms in total. The minimum absolute atomic E-state index is 0.0889. The smallest absolute Gasteiger partial charge is 0.250 e. The van der Waals surface area contributed by atoms with E-state index >= 15 is 0 Å². The Balaban J connectivity index is 1.74. The SMILES string of the molecule is Cc1cccc(N2C[C@@H](C(=O)Nc3ccccc3C(N)=O)CC2=O)c1. The number of para-hydroxylation sites is 1. The maximum atomic E-state index is 12.5. The molecule has 3 amide bonds. The number of rotatable bonds is 4. The summed E-state index contributed by atoms with van der Waals surface area (Å²) in [4.78, 5) is 37.9. The molecule has 6 heteroatoms. The lowest BCUT2D eigenvalue weighted by Gasteiger charge is -2.17. The summed E-state index contributed by atoms with van der Waals surface area (Å²) in [6.45, 7) is 2.27. The van der Waals surface area contributed by atoms with E-state index in [9.17, 15) is 14.4 Å². The van der Waals surface area contributed by atoms with Crippen LogP contribution in [-0.2, 0) is 9.59 Å². The molecule has 1 atom stereocenters. The van der Waals surface area contributed by atoms with Crippen LogP contribution in [0, 0.1) is 12.8 Å². The molecule has 128 valence electrons. The Labute approximate surface area is 145 Å². The van der Waals surface area contributed by atoms with Crippen molar-refractivity contribution >= 4 is 29.1 Å². The third-order valence-corrected chi connectivity index (χ3v) is 4.26. The number of nitrogens with one attached hydrogen (secondary N) is 1. The van der Waals surface area contributed by atoms with Gasteiger partial charge in [0, 0.05) is 18.7 Å². The molecular formula is C19H19N3O3. The summed E-state index contributed by atoms with van der Waals surface area (Å²) in [6, 6.07) is 14.2. The minimum atomic E-state index is -0.611. The lowest BCUT2D eigenvalue weighted by molar-refractivity contribution is -0.122. The average Bonchev–Trinajstić information content (AvgIpc) is 2.97. The van der Waals surface area contributed by atoms with Gasteiger partial charge in [-0.1, -0.05) is 24.3 Å². The Hall–Kier alpha value is -3.15. The van der Waals surface area contributed by atoms with Crippen LogP contribution < -0.4 is 16.0 Å². The van der Waals surface area contributed by atoms with Crippen molar-refractivity contribution in [2.45, 2.75) is 13.3 Å². The number of primary amides is 1. The number of amides is 3. The fraction of sp³-hybridized carbons (Fsp3) is 0.211. The van der Waals surface area contributed by atoms with E-state index in [0.29, 0.717) is 12.2 Å². The Morgan fingerprint density at radius 3 is 2.64 bits per heavy atom. The molecule has 1 fully saturated rings. The van der Waals surface area contributed by atoms with Gasteiger partial charge in [-0.05, 0) is 36.8 Å². The van der Waals surface area contributed by atoms with Crippen LogP contribution in [0.4, 0.5) is 11.4 Å². The number of hydrogen-bond acceptors (Lipinski definition) is 3. The lowest BCUT2D eigenvalue weighted by Crippen LogP contribution is -2.28. The van der Waals surface area contributed by atoms with Crippen molar-refractivity contribution in [2.75, 3.05) is 16.8 Å². The van der Waals surface area contributed by atoms with Crippen LogP contribution >= 0.6 is 0 Å². The van der Waals surface area contributed by atoms with Crippen LogP contribution in [0.2, 0.25) is 0 Å². The lowest BCUT2D eigenvalue weighted by atomic mass is 10.1. The van der Waals surface area contributed by atoms with Crippen LogP contribution in [0.15, 0.2) is 48.5 Å². The highest BCUT2D eigenvalue weighted by Crippen LogP contribution is 2.27. The van der Waals surface area contributed by atoms with E-state index in [1.807, 2.05) is 31.2 Å². The second-order valence-electron chi connectivity index (χ2n) is 6.14. The summed E-state index contributed by atoms with van der Waals surface area (Å²) in [6.07, 6.45) is 0.137. The molecule has 1 saturated heterocycles. The molecular weight excluding hydrogens is 318 g/mol. The fourth-order valence-corrected chi connectivity index (χ4v) is 2.97. The molecule has 1 heterocycles. The van der Waals surface area contributed by atoms with Crippen molar-refractivity contribution < 1.29 is 14.4 Å². The molecule has 1 aliphatic heterocycles. The number of benzene rings is 2. The van der Waals surface area contributed by atoms with E-state index in [1.54, 1.807) is 29.2 Å². The maximum absolute atomic E-state index is 12.5. The van der Waals surface area contributed by atoms with E-state index in [4.69, 9.17) is 5.73 Å². The summed E-state index contributed by atoms with van der Waals surface area (Å²) >= 11 is 0. The molecule has 0 radical (unpaired) electrons. The van der Waals surface area contributed by atoms with Gasteiger partial charge in [0.25, 0.3) is 5.91 Å². The van der Waals surface area contributed by atoms with Gasteiger partial charge in [-0.2, -0.15) is 0 Å². The van der Waals surface area contributed by atoms with Crippen LogP contribution in [0.1, 0.15) is 22.3 Å². The van der Waals surface area contributed by atoms with E-state index in [2.05, 4.69) is 5.32 Å². The topological polar surface area (TPSA) is 92.5 Å². The molecule has 0 aromatic heterocycles. The maximum Gasteiger partial charge on any atom is 0.250 e. The first-order valence-corrected chi connectivity index (χ1v) is 8.02. The normalized spacial score (nSPS) is 16.8. The van der Waals surface area contributed by atoms with Gasteiger partial charge in [-0.25, -0.2) is 0 Å². The Morgan fingerprint density at radius 2 is 1.92 bits per heavy atom. The Bertz CT molecular complexity index is 847. The molecule has 3 N–H and O–H groups in total. The molecule has 2 aromatic carbocycles. The third kappa shape index (κ3) is 3.52. The van der Waals surface area contributed by atoms with Gasteiger partial charge in [-0.3, -0.25) is 14.4 Å². The highest BCUT2D eigenvalue weighted by Gasteiger charge is 2.35. The highest BCUT2D eigenvalue weighted by atomic mass is 16.2. The molecule has 0 aliphatic carbocycles. The predicted molar refractivity (Wildman–Crippen MR) is 95.2 cm³/mol. The van der Waals surface area contributed by atoms with Crippen molar-refractivity contribution in [3.63, 3.8) is 0 Å². The molecule has 0 unspecified atom stereocenters. The molecule has 2 aromatic rings. The largest absolute Gasteiger partial charge is 0.366 e. The molecule has 1 aliphatic rings. The van der Waals surface area contributed by atoms with Gasteiger partial charge < -0.3 is 16.0 Å². The first kappa shape index (κ1) is 16.7. The van der Waals surface area contributed by atoms with E-state index in [-0.39, 0.29) is 23.8 Å². The van der Waals surface area contributed by atoms with Crippen LogP contribution in [0.3, 0.4) is 0 Å². The van der Waals surface area contributed by atoms with Crippen molar-refractivity contribution in [3.05, 3.63) is 59.7 Å². The van der Waals surface area contributed by atoms with Crippen LogP contribution in [0.25, 0.3) is 0 Å². The van der Waals surface area contributed by atoms with Crippen LogP contribution in [-0.4, -0.2) is 24.3 Å². The second-order valence-corrected chi connectivity index (χ2v) is 6.14. The van der Waals surface area contributed by atoms with Gasteiger partial charge in [0.1, 0.15) is 0 Å². The van der Waals surface area contributed by atoms with Crippen molar-refractivity contribution in [1.82, 2.24) is 0 Å². The molecule has 0 spiro atoms. The monoisotopic (exact) mass is 337 g/mol. The van der Waals surface area contributed by atoms with Gasteiger partial charge in [0.2, 0.25) is 11.8 Å². The van der Waals surface area contributed by atoms with Gasteiger partial charge in [0.15, 0.2) is 0 Å². The predicted octanol–water partition coefficient (Wildman–Crippen LogP) is 2.09. The van der Waals surface area contributed by atoms with E-state index in [1.165, 1.54) is 0 Å². The Kier molecular flexibility index (Phi) is 4.52. The quantitative estimate of drug-likeness (QED) is 0.894. The fourth-order valence-electron chi connectivity index (χ4n) is 2.97. The second kappa shape index (κ2) is 6.76. The first-order chi connectivity index (χ1) is 12.0. The van der Waals surface area contributed by atoms with E-state index in [0.717, 1.165) is 11.3 Å². The van der Waals surface area contributed by atoms with E-state index < -0.39 is 11.8 Å². The zero-order valence-electron chi connectivity index (χ0n) is 13.9. The number of nitrogens with two attached hydrogens (primary N) is 1. The standard InChI is InChI=1S/C19H19N3O3/c1-12-5-4-6-14(9-12)22-11-13(10-17(22)23)19(25)21-16-8-3-2-7-15(16)18(20)24/h2-9,13H,10-11H2,1H3,(H2,20,24)(H,21,25)/t13-/m0/s1. The van der Waals surface area contributed by atoms with Crippen molar-refractivity contribution in [2.24, 2.45) is 11.7 Å². The summed E-state index contributed by atoms with van der Waals surface area (Å²) in [5.41, 5.74) is 7.77. The van der Waals surface area contributed by atoms with Gasteiger partial charge in [-0.15, -0.1) is 0 Å².